The summed E-state index contributed by atoms with van der Waals surface area (Å²) in [6.07, 6.45) is 1.86. The van der Waals surface area contributed by atoms with Crippen LogP contribution >= 0.6 is 0 Å². The number of anilines is 2. The van der Waals surface area contributed by atoms with Gasteiger partial charge < -0.3 is 15.8 Å². The van der Waals surface area contributed by atoms with Crippen molar-refractivity contribution < 1.29 is 4.74 Å². The lowest BCUT2D eigenvalue weighted by molar-refractivity contribution is 0.263. The molecule has 0 radical (unpaired) electrons. The van der Waals surface area contributed by atoms with Gasteiger partial charge in [0.15, 0.2) is 0 Å². The topological polar surface area (TPSA) is 73.1 Å². The molecule has 0 unspecified atom stereocenters. The second-order valence-corrected chi connectivity index (χ2v) is 5.46. The van der Waals surface area contributed by atoms with Gasteiger partial charge in [0, 0.05) is 18.4 Å². The second-order valence-electron chi connectivity index (χ2n) is 5.46. The first-order valence-corrected chi connectivity index (χ1v) is 7.09. The third-order valence-corrected chi connectivity index (χ3v) is 2.89. The van der Waals surface area contributed by atoms with Crippen LogP contribution < -0.4 is 15.8 Å². The number of aryl methyl sites for hydroxylation is 1. The van der Waals surface area contributed by atoms with Crippen molar-refractivity contribution in [3.63, 3.8) is 0 Å². The second kappa shape index (κ2) is 6.92. The molecule has 0 aliphatic rings. The van der Waals surface area contributed by atoms with Crippen molar-refractivity contribution in [2.24, 2.45) is 5.92 Å². The molecule has 0 aromatic carbocycles. The summed E-state index contributed by atoms with van der Waals surface area (Å²) >= 11 is 0. The van der Waals surface area contributed by atoms with Crippen LogP contribution in [-0.2, 0) is 6.54 Å². The Kier molecular flexibility index (Phi) is 4.98. The van der Waals surface area contributed by atoms with Crippen LogP contribution in [0, 0.1) is 12.8 Å². The summed E-state index contributed by atoms with van der Waals surface area (Å²) in [6, 6.07) is 7.69. The lowest BCUT2D eigenvalue weighted by atomic mass is 10.2. The maximum atomic E-state index is 5.87. The highest BCUT2D eigenvalue weighted by molar-refractivity contribution is 5.53. The fourth-order valence-electron chi connectivity index (χ4n) is 1.71. The predicted octanol–water partition coefficient (Wildman–Crippen LogP) is 3.01. The van der Waals surface area contributed by atoms with Crippen molar-refractivity contribution in [1.82, 2.24) is 9.97 Å². The molecule has 0 saturated heterocycles. The van der Waals surface area contributed by atoms with Crippen molar-refractivity contribution in [3.8, 4) is 5.88 Å². The Morgan fingerprint density at radius 3 is 2.71 bits per heavy atom. The van der Waals surface area contributed by atoms with E-state index in [2.05, 4.69) is 29.1 Å². The van der Waals surface area contributed by atoms with Crippen LogP contribution in [0.4, 0.5) is 11.5 Å². The molecule has 2 aromatic heterocycles. The van der Waals surface area contributed by atoms with E-state index in [0.717, 1.165) is 17.1 Å². The molecule has 0 spiro atoms. The van der Waals surface area contributed by atoms with Crippen molar-refractivity contribution >= 4 is 11.5 Å². The van der Waals surface area contributed by atoms with Crippen LogP contribution in [0.15, 0.2) is 30.5 Å². The number of nitrogens with one attached hydrogen (secondary N) is 1. The van der Waals surface area contributed by atoms with Crippen molar-refractivity contribution in [2.45, 2.75) is 27.3 Å². The maximum absolute atomic E-state index is 5.87. The minimum atomic E-state index is 0.432. The highest BCUT2D eigenvalue weighted by Crippen LogP contribution is 2.21. The lowest BCUT2D eigenvalue weighted by Crippen LogP contribution is -2.09. The van der Waals surface area contributed by atoms with E-state index in [4.69, 9.17) is 10.5 Å². The van der Waals surface area contributed by atoms with Gasteiger partial charge in [-0.15, -0.1) is 0 Å². The van der Waals surface area contributed by atoms with Gasteiger partial charge in [0.2, 0.25) is 5.88 Å². The smallest absolute Gasteiger partial charge is 0.239 e. The Balaban J connectivity index is 1.99. The number of ether oxygens (including phenoxy) is 1. The Bertz CT molecular complexity index is 581. The quantitative estimate of drug-likeness (QED) is 0.854. The van der Waals surface area contributed by atoms with Crippen LogP contribution in [0.3, 0.4) is 0 Å². The van der Waals surface area contributed by atoms with Crippen molar-refractivity contribution in [2.75, 3.05) is 17.7 Å². The average Bonchev–Trinajstić information content (AvgIpc) is 2.46. The molecule has 0 aliphatic carbocycles. The minimum absolute atomic E-state index is 0.432. The van der Waals surface area contributed by atoms with Crippen LogP contribution in [0.1, 0.15) is 25.1 Å². The monoisotopic (exact) mass is 286 g/mol. The largest absolute Gasteiger partial charge is 0.476 e. The van der Waals surface area contributed by atoms with E-state index >= 15 is 0 Å². The molecule has 5 heteroatoms. The third-order valence-electron chi connectivity index (χ3n) is 2.89. The molecule has 0 aliphatic heterocycles. The van der Waals surface area contributed by atoms with Gasteiger partial charge in [-0.2, -0.15) is 4.98 Å². The van der Waals surface area contributed by atoms with Crippen LogP contribution in [-0.4, -0.2) is 16.6 Å². The molecule has 0 fully saturated rings. The fourth-order valence-corrected chi connectivity index (χ4v) is 1.71. The molecule has 0 saturated carbocycles. The molecule has 0 atom stereocenters. The van der Waals surface area contributed by atoms with E-state index in [-0.39, 0.29) is 0 Å². The van der Waals surface area contributed by atoms with Gasteiger partial charge in [-0.05, 0) is 36.6 Å². The molecular weight excluding hydrogens is 264 g/mol. The zero-order valence-electron chi connectivity index (χ0n) is 12.8. The molecule has 0 bridgehead atoms. The third kappa shape index (κ3) is 4.63. The first kappa shape index (κ1) is 15.1. The van der Waals surface area contributed by atoms with Crippen molar-refractivity contribution in [3.05, 3.63) is 41.7 Å². The van der Waals surface area contributed by atoms with Gasteiger partial charge in [0.1, 0.15) is 5.82 Å². The summed E-state index contributed by atoms with van der Waals surface area (Å²) in [6.45, 7) is 7.40. The van der Waals surface area contributed by atoms with E-state index in [9.17, 15) is 0 Å². The normalized spacial score (nSPS) is 10.7. The van der Waals surface area contributed by atoms with E-state index in [1.165, 1.54) is 0 Å². The molecular formula is C16H22N4O. The number of aromatic nitrogens is 2. The predicted molar refractivity (Wildman–Crippen MR) is 85.3 cm³/mol. The SMILES string of the molecule is Cc1ccc(CNc2ccc(N)c(OCC(C)C)n2)cn1. The molecule has 112 valence electrons. The molecule has 2 heterocycles. The number of nitrogens with zero attached hydrogens (tertiary/aromatic N) is 2. The van der Waals surface area contributed by atoms with Gasteiger partial charge in [-0.3, -0.25) is 4.98 Å². The molecule has 3 N–H and O–H groups in total. The average molecular weight is 286 g/mol. The number of nitrogen functional groups attached to an aromatic ring is 1. The zero-order chi connectivity index (χ0) is 15.2. The summed E-state index contributed by atoms with van der Waals surface area (Å²) in [7, 11) is 0. The Labute approximate surface area is 125 Å². The molecule has 0 amide bonds. The Hall–Kier alpha value is -2.30. The van der Waals surface area contributed by atoms with Gasteiger partial charge >= 0.3 is 0 Å². The van der Waals surface area contributed by atoms with Gasteiger partial charge in [0.05, 0.1) is 12.3 Å². The summed E-state index contributed by atoms with van der Waals surface area (Å²) in [4.78, 5) is 8.66. The fraction of sp³-hybridized carbons (Fsp3) is 0.375. The maximum Gasteiger partial charge on any atom is 0.239 e. The van der Waals surface area contributed by atoms with Gasteiger partial charge in [-0.1, -0.05) is 19.9 Å². The summed E-state index contributed by atoms with van der Waals surface area (Å²) in [5, 5.41) is 3.25. The Morgan fingerprint density at radius 1 is 1.24 bits per heavy atom. The first-order chi connectivity index (χ1) is 10.0. The standard InChI is InChI=1S/C16H22N4O/c1-11(2)10-21-16-14(17)6-7-15(20-16)19-9-13-5-4-12(3)18-8-13/h4-8,11H,9-10,17H2,1-3H3,(H,19,20). The Morgan fingerprint density at radius 2 is 2.05 bits per heavy atom. The minimum Gasteiger partial charge on any atom is -0.476 e. The van der Waals surface area contributed by atoms with E-state index in [0.29, 0.717) is 30.6 Å². The summed E-state index contributed by atoms with van der Waals surface area (Å²) < 4.78 is 5.62. The number of rotatable bonds is 6. The van der Waals surface area contributed by atoms with Crippen LogP contribution in [0.2, 0.25) is 0 Å². The molecule has 21 heavy (non-hydrogen) atoms. The number of hydrogen-bond donors (Lipinski definition) is 2. The van der Waals surface area contributed by atoms with E-state index < -0.39 is 0 Å². The summed E-state index contributed by atoms with van der Waals surface area (Å²) in [5.74, 6) is 1.65. The number of hydrogen-bond acceptors (Lipinski definition) is 5. The molecule has 5 nitrogen and oxygen atoms in total. The highest BCUT2D eigenvalue weighted by atomic mass is 16.5. The highest BCUT2D eigenvalue weighted by Gasteiger charge is 2.06. The van der Waals surface area contributed by atoms with E-state index in [1.54, 1.807) is 6.07 Å². The van der Waals surface area contributed by atoms with Crippen LogP contribution in [0.25, 0.3) is 0 Å². The van der Waals surface area contributed by atoms with Gasteiger partial charge in [-0.25, -0.2) is 0 Å². The van der Waals surface area contributed by atoms with Crippen LogP contribution in [0.5, 0.6) is 5.88 Å². The summed E-state index contributed by atoms with van der Waals surface area (Å²) in [5.41, 5.74) is 8.54. The van der Waals surface area contributed by atoms with E-state index in [1.807, 2.05) is 31.3 Å². The lowest BCUT2D eigenvalue weighted by Gasteiger charge is -2.12. The molecule has 2 aromatic rings. The first-order valence-electron chi connectivity index (χ1n) is 7.09. The zero-order valence-corrected chi connectivity index (χ0v) is 12.8. The number of nitrogens with two attached hydrogens (primary N) is 1. The molecule has 2 rings (SSSR count). The number of pyridine rings is 2. The van der Waals surface area contributed by atoms with Gasteiger partial charge in [0.25, 0.3) is 0 Å². The van der Waals surface area contributed by atoms with Crippen molar-refractivity contribution in [1.29, 1.82) is 0 Å².